The van der Waals surface area contributed by atoms with Crippen molar-refractivity contribution in [2.45, 2.75) is 25.7 Å². The van der Waals surface area contributed by atoms with Crippen molar-refractivity contribution < 1.29 is 4.74 Å². The molecule has 2 nitrogen and oxygen atoms in total. The zero-order chi connectivity index (χ0) is 13.4. The molecule has 0 spiro atoms. The Hall–Kier alpha value is -0.670. The van der Waals surface area contributed by atoms with Gasteiger partial charge in [0, 0.05) is 16.6 Å². The van der Waals surface area contributed by atoms with Crippen molar-refractivity contribution in [3.8, 4) is 5.75 Å². The molecule has 4 heteroatoms. The minimum absolute atomic E-state index is 0.522. The summed E-state index contributed by atoms with van der Waals surface area (Å²) in [7, 11) is 0. The van der Waals surface area contributed by atoms with E-state index >= 15 is 0 Å². The van der Waals surface area contributed by atoms with Crippen LogP contribution in [0.1, 0.15) is 31.2 Å². The van der Waals surface area contributed by atoms with E-state index in [9.17, 15) is 0 Å². The van der Waals surface area contributed by atoms with Crippen LogP contribution in [-0.2, 0) is 0 Å². The minimum atomic E-state index is 0.522. The molecule has 0 heterocycles. The van der Waals surface area contributed by atoms with E-state index in [4.69, 9.17) is 22.1 Å². The maximum Gasteiger partial charge on any atom is 0.138 e. The predicted molar refractivity (Wildman–Crippen MR) is 82.4 cm³/mol. The summed E-state index contributed by atoms with van der Waals surface area (Å²) in [6.45, 7) is 4.38. The van der Waals surface area contributed by atoms with Gasteiger partial charge in [0.2, 0.25) is 0 Å². The highest BCUT2D eigenvalue weighted by atomic mass is 79.9. The number of benzene rings is 1. The number of rotatable bonds is 8. The Balaban J connectivity index is 2.41. The van der Waals surface area contributed by atoms with Crippen LogP contribution in [0.5, 0.6) is 5.75 Å². The van der Waals surface area contributed by atoms with Crippen LogP contribution in [0.4, 0.5) is 0 Å². The van der Waals surface area contributed by atoms with E-state index in [2.05, 4.69) is 22.5 Å². The van der Waals surface area contributed by atoms with Crippen molar-refractivity contribution >= 4 is 33.2 Å². The van der Waals surface area contributed by atoms with Crippen LogP contribution in [0.3, 0.4) is 0 Å². The molecular weight excluding hydrogens is 314 g/mol. The molecule has 100 valence electrons. The largest absolute Gasteiger partial charge is 0.492 e. The highest BCUT2D eigenvalue weighted by Gasteiger charge is 2.04. The van der Waals surface area contributed by atoms with Crippen LogP contribution >= 0.6 is 27.5 Å². The molecule has 0 aromatic heterocycles. The average Bonchev–Trinajstić information content (AvgIpc) is 2.35. The van der Waals surface area contributed by atoms with Crippen molar-refractivity contribution in [3.63, 3.8) is 0 Å². The molecule has 1 aromatic carbocycles. The van der Waals surface area contributed by atoms with Crippen molar-refractivity contribution in [3.05, 3.63) is 35.4 Å². The number of alkyl halides is 1. The van der Waals surface area contributed by atoms with Gasteiger partial charge >= 0.3 is 0 Å². The number of unbranched alkanes of at least 4 members (excludes halogenated alkanes) is 3. The number of hydrogen-bond donors (Lipinski definition) is 1. The second-order valence-corrected chi connectivity index (χ2v) is 5.32. The Kier molecular flexibility index (Phi) is 7.21. The normalized spacial score (nSPS) is 10.3. The van der Waals surface area contributed by atoms with Gasteiger partial charge in [-0.1, -0.05) is 53.0 Å². The van der Waals surface area contributed by atoms with Gasteiger partial charge in [0.15, 0.2) is 0 Å². The smallest absolute Gasteiger partial charge is 0.138 e. The summed E-state index contributed by atoms with van der Waals surface area (Å²) >= 11 is 9.48. The number of ether oxygens (including phenoxy) is 1. The highest BCUT2D eigenvalue weighted by Crippen LogP contribution is 2.27. The van der Waals surface area contributed by atoms with Crippen molar-refractivity contribution in [2.75, 3.05) is 11.9 Å². The second-order valence-electron chi connectivity index (χ2n) is 4.12. The number of nitrogens with two attached hydrogens (primary N) is 1. The van der Waals surface area contributed by atoms with Crippen LogP contribution in [0.25, 0.3) is 5.70 Å². The van der Waals surface area contributed by atoms with Crippen molar-refractivity contribution in [1.82, 2.24) is 0 Å². The highest BCUT2D eigenvalue weighted by molar-refractivity contribution is 9.09. The molecule has 2 N–H and O–H groups in total. The Labute approximate surface area is 122 Å². The third kappa shape index (κ3) is 5.32. The molecule has 0 aliphatic carbocycles. The van der Waals surface area contributed by atoms with Crippen molar-refractivity contribution in [1.29, 1.82) is 0 Å². The zero-order valence-corrected chi connectivity index (χ0v) is 12.8. The van der Waals surface area contributed by atoms with E-state index in [-0.39, 0.29) is 0 Å². The first-order valence-corrected chi connectivity index (χ1v) is 7.58. The van der Waals surface area contributed by atoms with Gasteiger partial charge in [-0.2, -0.15) is 0 Å². The molecule has 0 atom stereocenters. The molecule has 18 heavy (non-hydrogen) atoms. The fourth-order valence-corrected chi connectivity index (χ4v) is 2.11. The second kappa shape index (κ2) is 8.44. The molecule has 0 saturated heterocycles. The fourth-order valence-electron chi connectivity index (χ4n) is 1.55. The van der Waals surface area contributed by atoms with E-state index in [1.807, 2.05) is 12.1 Å². The molecule has 1 rings (SSSR count). The lowest BCUT2D eigenvalue weighted by Gasteiger charge is -2.09. The van der Waals surface area contributed by atoms with Gasteiger partial charge in [0.05, 0.1) is 11.6 Å². The first-order chi connectivity index (χ1) is 8.65. The molecule has 0 amide bonds. The van der Waals surface area contributed by atoms with Crippen molar-refractivity contribution in [2.24, 2.45) is 5.73 Å². The summed E-state index contributed by atoms with van der Waals surface area (Å²) in [5.41, 5.74) is 7.02. The maximum atomic E-state index is 6.06. The summed E-state index contributed by atoms with van der Waals surface area (Å²) in [6, 6.07) is 5.46. The Morgan fingerprint density at radius 2 is 2.00 bits per heavy atom. The summed E-state index contributed by atoms with van der Waals surface area (Å²) in [6.07, 6.45) is 4.65. The van der Waals surface area contributed by atoms with E-state index in [0.29, 0.717) is 23.1 Å². The molecule has 0 aliphatic heterocycles. The maximum absolute atomic E-state index is 6.06. The average molecular weight is 333 g/mol. The molecule has 0 unspecified atom stereocenters. The van der Waals surface area contributed by atoms with Gasteiger partial charge in [0.1, 0.15) is 5.75 Å². The van der Waals surface area contributed by atoms with Crippen LogP contribution < -0.4 is 10.5 Å². The van der Waals surface area contributed by atoms with Gasteiger partial charge in [-0.05, 0) is 25.0 Å². The monoisotopic (exact) mass is 331 g/mol. The third-order valence-electron chi connectivity index (χ3n) is 2.59. The zero-order valence-electron chi connectivity index (χ0n) is 10.4. The van der Waals surface area contributed by atoms with Crippen LogP contribution in [0, 0.1) is 0 Å². The summed E-state index contributed by atoms with van der Waals surface area (Å²) in [4.78, 5) is 0. The lowest BCUT2D eigenvalue weighted by atomic mass is 10.2. The predicted octanol–water partition coefficient (Wildman–Crippen LogP) is 4.60. The van der Waals surface area contributed by atoms with Gasteiger partial charge in [-0.25, -0.2) is 0 Å². The number of halogens is 2. The summed E-state index contributed by atoms with van der Waals surface area (Å²) in [5, 5.41) is 1.68. The molecule has 0 radical (unpaired) electrons. The van der Waals surface area contributed by atoms with Gasteiger partial charge in [0.25, 0.3) is 0 Å². The molecule has 0 saturated carbocycles. The lowest BCUT2D eigenvalue weighted by molar-refractivity contribution is 0.305. The standard InChI is InChI=1S/C14H19BrClNO/c1-11(17)12-6-7-13(16)14(10-12)18-9-5-3-2-4-8-15/h6-7,10H,1-5,8-9,17H2. The quantitative estimate of drug-likeness (QED) is 0.557. The van der Waals surface area contributed by atoms with Crippen LogP contribution in [-0.4, -0.2) is 11.9 Å². The van der Waals surface area contributed by atoms with E-state index in [1.165, 1.54) is 19.3 Å². The minimum Gasteiger partial charge on any atom is -0.492 e. The van der Waals surface area contributed by atoms with Gasteiger partial charge in [-0.15, -0.1) is 0 Å². The summed E-state index contributed by atoms with van der Waals surface area (Å²) < 4.78 is 5.67. The lowest BCUT2D eigenvalue weighted by Crippen LogP contribution is -2.00. The number of hydrogen-bond acceptors (Lipinski definition) is 2. The molecule has 0 aliphatic rings. The fraction of sp³-hybridized carbons (Fsp3) is 0.429. The van der Waals surface area contributed by atoms with E-state index in [1.54, 1.807) is 6.07 Å². The van der Waals surface area contributed by atoms with E-state index < -0.39 is 0 Å². The van der Waals surface area contributed by atoms with Gasteiger partial charge in [-0.3, -0.25) is 0 Å². The molecule has 0 bridgehead atoms. The third-order valence-corrected chi connectivity index (χ3v) is 3.46. The van der Waals surface area contributed by atoms with Crippen LogP contribution in [0.2, 0.25) is 5.02 Å². The molecule has 0 fully saturated rings. The summed E-state index contributed by atoms with van der Waals surface area (Å²) in [5.74, 6) is 0.682. The first kappa shape index (κ1) is 15.4. The van der Waals surface area contributed by atoms with E-state index in [0.717, 1.165) is 17.3 Å². The first-order valence-electron chi connectivity index (χ1n) is 6.08. The molecule has 1 aromatic rings. The van der Waals surface area contributed by atoms with Gasteiger partial charge < -0.3 is 10.5 Å². The SMILES string of the molecule is C=C(N)c1ccc(Cl)c(OCCCCCCBr)c1. The molecular formula is C14H19BrClNO. The Morgan fingerprint density at radius 3 is 2.67 bits per heavy atom. The van der Waals surface area contributed by atoms with Crippen LogP contribution in [0.15, 0.2) is 24.8 Å². The Morgan fingerprint density at radius 1 is 1.28 bits per heavy atom. The Bertz CT molecular complexity index is 395. The topological polar surface area (TPSA) is 35.2 Å².